The minimum absolute atomic E-state index is 0. The van der Waals surface area contributed by atoms with Gasteiger partial charge in [0, 0.05) is 31.1 Å². The van der Waals surface area contributed by atoms with Crippen LogP contribution in [0.3, 0.4) is 0 Å². The number of likely N-dealkylation sites (tertiary alicyclic amines) is 1. The summed E-state index contributed by atoms with van der Waals surface area (Å²) in [6.07, 6.45) is 5.19. The zero-order valence-electron chi connectivity index (χ0n) is 11.9. The van der Waals surface area contributed by atoms with E-state index in [2.05, 4.69) is 29.5 Å². The molecule has 2 saturated heterocycles. The van der Waals surface area contributed by atoms with E-state index in [4.69, 9.17) is 0 Å². The van der Waals surface area contributed by atoms with Gasteiger partial charge in [-0.2, -0.15) is 0 Å². The van der Waals surface area contributed by atoms with E-state index in [-0.39, 0.29) is 30.7 Å². The van der Waals surface area contributed by atoms with E-state index < -0.39 is 0 Å². The third-order valence-corrected chi connectivity index (χ3v) is 4.17. The van der Waals surface area contributed by atoms with E-state index in [1.165, 1.54) is 6.42 Å². The average molecular weight is 312 g/mol. The van der Waals surface area contributed by atoms with Crippen LogP contribution in [0.4, 0.5) is 0 Å². The Kier molecular flexibility index (Phi) is 8.99. The fourth-order valence-corrected chi connectivity index (χ4v) is 2.86. The van der Waals surface area contributed by atoms with E-state index in [1.54, 1.807) is 0 Å². The summed E-state index contributed by atoms with van der Waals surface area (Å²) in [6.45, 7) is 4.40. The van der Waals surface area contributed by atoms with Crippen molar-refractivity contribution in [3.63, 3.8) is 0 Å². The van der Waals surface area contributed by atoms with Gasteiger partial charge in [0.1, 0.15) is 0 Å². The summed E-state index contributed by atoms with van der Waals surface area (Å²) >= 11 is 0. The minimum atomic E-state index is 0. The Labute approximate surface area is 128 Å². The predicted molar refractivity (Wildman–Crippen MR) is 83.4 cm³/mol. The van der Waals surface area contributed by atoms with Crippen molar-refractivity contribution in [1.29, 1.82) is 0 Å². The summed E-state index contributed by atoms with van der Waals surface area (Å²) in [6, 6.07) is 1.38. The highest BCUT2D eigenvalue weighted by Gasteiger charge is 2.25. The third-order valence-electron chi connectivity index (χ3n) is 4.17. The number of carbonyl (C=O) groups is 1. The van der Waals surface area contributed by atoms with E-state index in [0.717, 1.165) is 32.4 Å². The van der Waals surface area contributed by atoms with Crippen molar-refractivity contribution in [2.75, 3.05) is 20.1 Å². The van der Waals surface area contributed by atoms with Crippen molar-refractivity contribution in [3.05, 3.63) is 0 Å². The SMILES string of the molecule is CC1CC(NC(=O)CC2CCCN2)CCN1C.Cl.Cl. The first-order valence-corrected chi connectivity index (χ1v) is 6.88. The number of halogens is 2. The molecule has 114 valence electrons. The van der Waals surface area contributed by atoms with Crippen molar-refractivity contribution < 1.29 is 4.79 Å². The molecule has 2 aliphatic rings. The molecule has 2 fully saturated rings. The Bertz CT molecular complexity index is 273. The van der Waals surface area contributed by atoms with Crippen LogP contribution in [0.25, 0.3) is 0 Å². The van der Waals surface area contributed by atoms with E-state index in [9.17, 15) is 4.79 Å². The number of rotatable bonds is 3. The number of carbonyl (C=O) groups excluding carboxylic acids is 1. The summed E-state index contributed by atoms with van der Waals surface area (Å²) in [5.74, 6) is 0.228. The zero-order chi connectivity index (χ0) is 12.3. The molecule has 2 heterocycles. The molecule has 2 aliphatic heterocycles. The molecule has 3 unspecified atom stereocenters. The maximum atomic E-state index is 11.9. The smallest absolute Gasteiger partial charge is 0.221 e. The van der Waals surface area contributed by atoms with Crippen LogP contribution in [-0.4, -0.2) is 49.1 Å². The van der Waals surface area contributed by atoms with Gasteiger partial charge in [0.15, 0.2) is 0 Å². The second-order valence-corrected chi connectivity index (χ2v) is 5.62. The zero-order valence-corrected chi connectivity index (χ0v) is 13.5. The van der Waals surface area contributed by atoms with Crippen molar-refractivity contribution in [1.82, 2.24) is 15.5 Å². The average Bonchev–Trinajstić information content (AvgIpc) is 2.76. The molecule has 0 aromatic rings. The van der Waals surface area contributed by atoms with Crippen LogP contribution in [0.2, 0.25) is 0 Å². The van der Waals surface area contributed by atoms with Crippen LogP contribution in [0.5, 0.6) is 0 Å². The predicted octanol–water partition coefficient (Wildman–Crippen LogP) is 1.57. The fraction of sp³-hybridized carbons (Fsp3) is 0.923. The topological polar surface area (TPSA) is 44.4 Å². The van der Waals surface area contributed by atoms with Gasteiger partial charge in [-0.05, 0) is 46.2 Å². The minimum Gasteiger partial charge on any atom is -0.353 e. The van der Waals surface area contributed by atoms with Crippen molar-refractivity contribution in [3.8, 4) is 0 Å². The van der Waals surface area contributed by atoms with Gasteiger partial charge in [-0.3, -0.25) is 4.79 Å². The summed E-state index contributed by atoms with van der Waals surface area (Å²) in [5, 5.41) is 6.56. The molecule has 0 aromatic carbocycles. The quantitative estimate of drug-likeness (QED) is 0.831. The highest BCUT2D eigenvalue weighted by molar-refractivity contribution is 5.85. The number of nitrogens with one attached hydrogen (secondary N) is 2. The lowest BCUT2D eigenvalue weighted by atomic mass is 9.98. The van der Waals surface area contributed by atoms with Gasteiger partial charge < -0.3 is 15.5 Å². The van der Waals surface area contributed by atoms with E-state index >= 15 is 0 Å². The van der Waals surface area contributed by atoms with Crippen LogP contribution in [0.1, 0.15) is 39.0 Å². The Hall–Kier alpha value is -0.0300. The maximum absolute atomic E-state index is 11.9. The molecule has 6 heteroatoms. The number of hydrogen-bond acceptors (Lipinski definition) is 3. The molecule has 2 N–H and O–H groups in total. The number of hydrogen-bond donors (Lipinski definition) is 2. The Morgan fingerprint density at radius 1 is 1.37 bits per heavy atom. The Morgan fingerprint density at radius 2 is 2.11 bits per heavy atom. The summed E-state index contributed by atoms with van der Waals surface area (Å²) in [4.78, 5) is 14.3. The highest BCUT2D eigenvalue weighted by Crippen LogP contribution is 2.16. The van der Waals surface area contributed by atoms with E-state index in [1.807, 2.05) is 0 Å². The molecule has 0 radical (unpaired) electrons. The van der Waals surface area contributed by atoms with Crippen LogP contribution in [0, 0.1) is 0 Å². The van der Waals surface area contributed by atoms with Crippen molar-refractivity contribution in [2.24, 2.45) is 0 Å². The van der Waals surface area contributed by atoms with Crippen molar-refractivity contribution >= 4 is 30.7 Å². The molecule has 1 amide bonds. The fourth-order valence-electron chi connectivity index (χ4n) is 2.86. The lowest BCUT2D eigenvalue weighted by Gasteiger charge is -2.35. The van der Waals surface area contributed by atoms with Crippen LogP contribution in [-0.2, 0) is 4.79 Å². The standard InChI is InChI=1S/C13H25N3O.2ClH/c1-10-8-12(5-7-16(10)2)15-13(17)9-11-4-3-6-14-11;;/h10-12,14H,3-9H2,1-2H3,(H,15,17);2*1H. The molecule has 3 atom stereocenters. The van der Waals surface area contributed by atoms with Gasteiger partial charge in [-0.25, -0.2) is 0 Å². The summed E-state index contributed by atoms with van der Waals surface area (Å²) in [5.41, 5.74) is 0. The molecule has 0 saturated carbocycles. The molecule has 0 spiro atoms. The molecular weight excluding hydrogens is 285 g/mol. The second kappa shape index (κ2) is 9.01. The highest BCUT2D eigenvalue weighted by atomic mass is 35.5. The lowest BCUT2D eigenvalue weighted by molar-refractivity contribution is -0.122. The van der Waals surface area contributed by atoms with Gasteiger partial charge in [0.2, 0.25) is 5.91 Å². The first kappa shape index (κ1) is 19.0. The molecule has 0 aliphatic carbocycles. The molecular formula is C13H27Cl2N3O. The monoisotopic (exact) mass is 311 g/mol. The van der Waals surface area contributed by atoms with Crippen LogP contribution < -0.4 is 10.6 Å². The van der Waals surface area contributed by atoms with Gasteiger partial charge in [-0.1, -0.05) is 0 Å². The molecule has 2 rings (SSSR count). The Balaban J connectivity index is 0.00000162. The van der Waals surface area contributed by atoms with Crippen LogP contribution in [0.15, 0.2) is 0 Å². The summed E-state index contributed by atoms with van der Waals surface area (Å²) in [7, 11) is 2.16. The first-order chi connectivity index (χ1) is 8.15. The molecule has 19 heavy (non-hydrogen) atoms. The maximum Gasteiger partial charge on any atom is 0.221 e. The van der Waals surface area contributed by atoms with Crippen LogP contribution >= 0.6 is 24.8 Å². The third kappa shape index (κ3) is 5.86. The number of piperidine rings is 1. The first-order valence-electron chi connectivity index (χ1n) is 6.88. The largest absolute Gasteiger partial charge is 0.353 e. The Morgan fingerprint density at radius 3 is 2.68 bits per heavy atom. The molecule has 4 nitrogen and oxygen atoms in total. The van der Waals surface area contributed by atoms with Gasteiger partial charge in [0.05, 0.1) is 0 Å². The summed E-state index contributed by atoms with van der Waals surface area (Å²) < 4.78 is 0. The van der Waals surface area contributed by atoms with E-state index in [0.29, 0.717) is 24.5 Å². The normalized spacial score (nSPS) is 31.2. The lowest BCUT2D eigenvalue weighted by Crippen LogP contribution is -2.48. The van der Waals surface area contributed by atoms with Gasteiger partial charge in [-0.15, -0.1) is 24.8 Å². The molecule has 0 aromatic heterocycles. The number of amides is 1. The van der Waals surface area contributed by atoms with Gasteiger partial charge >= 0.3 is 0 Å². The number of nitrogens with zero attached hydrogens (tertiary/aromatic N) is 1. The second-order valence-electron chi connectivity index (χ2n) is 5.62. The van der Waals surface area contributed by atoms with Gasteiger partial charge in [0.25, 0.3) is 0 Å². The molecule has 0 bridgehead atoms. The van der Waals surface area contributed by atoms with Crippen molar-refractivity contribution in [2.45, 2.75) is 57.2 Å².